The van der Waals surface area contributed by atoms with Gasteiger partial charge in [-0.2, -0.15) is 0 Å². The Morgan fingerprint density at radius 1 is 1.44 bits per heavy atom. The van der Waals surface area contributed by atoms with Crippen LogP contribution in [0.15, 0.2) is 29.4 Å². The van der Waals surface area contributed by atoms with Crippen LogP contribution in [-0.4, -0.2) is 25.4 Å². The zero-order valence-electron chi connectivity index (χ0n) is 9.69. The third kappa shape index (κ3) is 3.08. The zero-order chi connectivity index (χ0) is 12.0. The second-order valence-corrected chi connectivity index (χ2v) is 3.21. The van der Waals surface area contributed by atoms with Crippen LogP contribution in [-0.2, 0) is 14.4 Å². The Bertz CT molecular complexity index is 399. The van der Waals surface area contributed by atoms with Crippen molar-refractivity contribution in [1.82, 2.24) is 0 Å². The predicted octanol–water partition coefficient (Wildman–Crippen LogP) is 1.91. The van der Waals surface area contributed by atoms with Gasteiger partial charge < -0.3 is 9.57 Å². The van der Waals surface area contributed by atoms with Gasteiger partial charge in [-0.15, -0.1) is 0 Å². The Hall–Kier alpha value is -1.84. The minimum Gasteiger partial charge on any atom is -0.461 e. The fourth-order valence-electron chi connectivity index (χ4n) is 1.29. The highest BCUT2D eigenvalue weighted by atomic mass is 16.6. The number of hydrogen-bond acceptors (Lipinski definition) is 4. The van der Waals surface area contributed by atoms with Crippen LogP contribution in [0.5, 0.6) is 0 Å². The van der Waals surface area contributed by atoms with Crippen LogP contribution in [0, 0.1) is 6.92 Å². The monoisotopic (exact) mass is 221 g/mol. The van der Waals surface area contributed by atoms with Crippen molar-refractivity contribution in [3.63, 3.8) is 0 Å². The fraction of sp³-hybridized carbons (Fsp3) is 0.333. The fourth-order valence-corrected chi connectivity index (χ4v) is 1.29. The topological polar surface area (TPSA) is 47.9 Å². The van der Waals surface area contributed by atoms with Crippen LogP contribution < -0.4 is 0 Å². The quantitative estimate of drug-likeness (QED) is 0.443. The molecule has 86 valence electrons. The van der Waals surface area contributed by atoms with E-state index in [0.717, 1.165) is 5.56 Å². The lowest BCUT2D eigenvalue weighted by Crippen LogP contribution is -2.19. The van der Waals surface area contributed by atoms with Crippen LogP contribution in [0.4, 0.5) is 0 Å². The third-order valence-corrected chi connectivity index (χ3v) is 1.94. The molecule has 0 saturated heterocycles. The summed E-state index contributed by atoms with van der Waals surface area (Å²) in [6.45, 7) is 4.00. The number of benzene rings is 1. The number of nitrogens with zero attached hydrogens (tertiary/aromatic N) is 1. The molecule has 4 nitrogen and oxygen atoms in total. The molecule has 1 aromatic rings. The first kappa shape index (κ1) is 12.2. The molecule has 0 aliphatic heterocycles. The average Bonchev–Trinajstić information content (AvgIpc) is 2.26. The van der Waals surface area contributed by atoms with Crippen molar-refractivity contribution in [2.75, 3.05) is 13.7 Å². The summed E-state index contributed by atoms with van der Waals surface area (Å²) in [5, 5.41) is 3.70. The summed E-state index contributed by atoms with van der Waals surface area (Å²) in [5.74, 6) is -0.477. The molecule has 16 heavy (non-hydrogen) atoms. The van der Waals surface area contributed by atoms with Crippen LogP contribution in [0.2, 0.25) is 0 Å². The van der Waals surface area contributed by atoms with Gasteiger partial charge in [0.1, 0.15) is 7.11 Å². The van der Waals surface area contributed by atoms with E-state index in [4.69, 9.17) is 4.74 Å². The minimum atomic E-state index is -0.477. The number of rotatable bonds is 4. The van der Waals surface area contributed by atoms with Crippen molar-refractivity contribution >= 4 is 11.7 Å². The van der Waals surface area contributed by atoms with Gasteiger partial charge in [0.2, 0.25) is 0 Å². The number of aryl methyl sites for hydroxylation is 1. The summed E-state index contributed by atoms with van der Waals surface area (Å²) >= 11 is 0. The Kier molecular flexibility index (Phi) is 4.51. The van der Waals surface area contributed by atoms with E-state index in [1.807, 2.05) is 25.1 Å². The predicted molar refractivity (Wildman–Crippen MR) is 61.4 cm³/mol. The van der Waals surface area contributed by atoms with E-state index in [2.05, 4.69) is 9.99 Å². The van der Waals surface area contributed by atoms with Crippen molar-refractivity contribution in [2.24, 2.45) is 5.16 Å². The van der Waals surface area contributed by atoms with Crippen LogP contribution in [0.1, 0.15) is 18.1 Å². The van der Waals surface area contributed by atoms with Gasteiger partial charge in [0, 0.05) is 5.56 Å². The molecule has 1 aromatic carbocycles. The molecule has 0 aliphatic rings. The summed E-state index contributed by atoms with van der Waals surface area (Å²) in [4.78, 5) is 16.3. The molecule has 0 aliphatic carbocycles. The van der Waals surface area contributed by atoms with E-state index in [9.17, 15) is 4.79 Å². The van der Waals surface area contributed by atoms with Gasteiger partial charge in [-0.1, -0.05) is 28.9 Å². The number of carbonyl (C=O) groups excluding carboxylic acids is 1. The standard InChI is InChI=1S/C12H15NO3/c1-4-16-12(14)11(13-15-3)10-7-5-6-9(2)8-10/h5-8H,4H2,1-3H3. The smallest absolute Gasteiger partial charge is 0.361 e. The van der Waals surface area contributed by atoms with Crippen LogP contribution in [0.3, 0.4) is 0 Å². The zero-order valence-corrected chi connectivity index (χ0v) is 9.69. The third-order valence-electron chi connectivity index (χ3n) is 1.94. The Balaban J connectivity index is 3.03. The van der Waals surface area contributed by atoms with Gasteiger partial charge in [-0.3, -0.25) is 0 Å². The molecule has 0 saturated carbocycles. The largest absolute Gasteiger partial charge is 0.461 e. The van der Waals surface area contributed by atoms with E-state index < -0.39 is 5.97 Å². The van der Waals surface area contributed by atoms with Gasteiger partial charge >= 0.3 is 5.97 Å². The number of ether oxygens (including phenoxy) is 1. The molecule has 0 fully saturated rings. The molecular formula is C12H15NO3. The van der Waals surface area contributed by atoms with Gasteiger partial charge in [0.15, 0.2) is 5.71 Å². The number of carbonyl (C=O) groups is 1. The Labute approximate surface area is 94.9 Å². The lowest BCUT2D eigenvalue weighted by Gasteiger charge is -2.05. The first-order valence-corrected chi connectivity index (χ1v) is 5.04. The maximum Gasteiger partial charge on any atom is 0.361 e. The summed E-state index contributed by atoms with van der Waals surface area (Å²) in [6, 6.07) is 7.45. The minimum absolute atomic E-state index is 0.188. The molecular weight excluding hydrogens is 206 g/mol. The molecule has 0 unspecified atom stereocenters. The van der Waals surface area contributed by atoms with Crippen LogP contribution >= 0.6 is 0 Å². The maximum absolute atomic E-state index is 11.6. The van der Waals surface area contributed by atoms with Crippen molar-refractivity contribution in [1.29, 1.82) is 0 Å². The van der Waals surface area contributed by atoms with Crippen molar-refractivity contribution in [3.05, 3.63) is 35.4 Å². The summed E-state index contributed by atoms with van der Waals surface area (Å²) in [7, 11) is 1.40. The van der Waals surface area contributed by atoms with E-state index in [-0.39, 0.29) is 5.71 Å². The van der Waals surface area contributed by atoms with Gasteiger partial charge in [0.05, 0.1) is 6.61 Å². The normalized spacial score (nSPS) is 11.1. The van der Waals surface area contributed by atoms with E-state index >= 15 is 0 Å². The molecule has 0 N–H and O–H groups in total. The van der Waals surface area contributed by atoms with Crippen molar-refractivity contribution < 1.29 is 14.4 Å². The average molecular weight is 221 g/mol. The summed E-state index contributed by atoms with van der Waals surface area (Å²) in [5.41, 5.74) is 1.93. The Morgan fingerprint density at radius 3 is 2.75 bits per heavy atom. The van der Waals surface area contributed by atoms with E-state index in [1.165, 1.54) is 7.11 Å². The molecule has 0 atom stereocenters. The van der Waals surface area contributed by atoms with Gasteiger partial charge in [-0.25, -0.2) is 4.79 Å². The molecule has 0 amide bonds. The highest BCUT2D eigenvalue weighted by molar-refractivity contribution is 6.43. The summed E-state index contributed by atoms with van der Waals surface area (Å²) in [6.07, 6.45) is 0. The van der Waals surface area contributed by atoms with Gasteiger partial charge in [0.25, 0.3) is 0 Å². The maximum atomic E-state index is 11.6. The number of esters is 1. The second-order valence-electron chi connectivity index (χ2n) is 3.21. The highest BCUT2D eigenvalue weighted by Crippen LogP contribution is 2.07. The molecule has 1 rings (SSSR count). The lowest BCUT2D eigenvalue weighted by molar-refractivity contribution is -0.135. The van der Waals surface area contributed by atoms with E-state index in [1.54, 1.807) is 13.0 Å². The SMILES string of the molecule is CCOC(=O)C(=NOC)c1cccc(C)c1. The molecule has 0 heterocycles. The molecule has 0 radical (unpaired) electrons. The van der Waals surface area contributed by atoms with Crippen LogP contribution in [0.25, 0.3) is 0 Å². The number of hydrogen-bond donors (Lipinski definition) is 0. The first-order valence-electron chi connectivity index (χ1n) is 5.04. The Morgan fingerprint density at radius 2 is 2.19 bits per heavy atom. The molecule has 4 heteroatoms. The van der Waals surface area contributed by atoms with E-state index in [0.29, 0.717) is 12.2 Å². The molecule has 0 spiro atoms. The highest BCUT2D eigenvalue weighted by Gasteiger charge is 2.16. The van der Waals surface area contributed by atoms with Crippen molar-refractivity contribution in [2.45, 2.75) is 13.8 Å². The summed E-state index contributed by atoms with van der Waals surface area (Å²) < 4.78 is 4.90. The lowest BCUT2D eigenvalue weighted by atomic mass is 10.1. The van der Waals surface area contributed by atoms with Gasteiger partial charge in [-0.05, 0) is 19.9 Å². The first-order chi connectivity index (χ1) is 7.69. The molecule has 0 aromatic heterocycles. The second kappa shape index (κ2) is 5.90. The van der Waals surface area contributed by atoms with Crippen molar-refractivity contribution in [3.8, 4) is 0 Å². The number of oxime groups is 1. The molecule has 0 bridgehead atoms.